The third kappa shape index (κ3) is 9.19. The Kier molecular flexibility index (Phi) is 10.9. The maximum absolute atomic E-state index is 12.2. The van der Waals surface area contributed by atoms with E-state index in [1.165, 1.54) is 0 Å². The van der Waals surface area contributed by atoms with Crippen LogP contribution in [0.2, 0.25) is 0 Å². The van der Waals surface area contributed by atoms with E-state index in [-0.39, 0.29) is 18.6 Å². The first-order valence-corrected chi connectivity index (χ1v) is 8.11. The van der Waals surface area contributed by atoms with Crippen LogP contribution in [0.3, 0.4) is 0 Å². The lowest BCUT2D eigenvalue weighted by atomic mass is 10.1. The van der Waals surface area contributed by atoms with Crippen LogP contribution in [0.1, 0.15) is 12.8 Å². The van der Waals surface area contributed by atoms with E-state index in [4.69, 9.17) is 16.6 Å². The highest BCUT2D eigenvalue weighted by atomic mass is 32.1. The number of aliphatic carboxylic acids is 1. The quantitative estimate of drug-likeness (QED) is 0.151. The SMILES string of the molecule is NC(=O)CCC(NC(=O)C(CO)NC(=O)C(N)CS)C(=O)NCC(=O)O. The molecule has 13 heteroatoms. The van der Waals surface area contributed by atoms with Crippen LogP contribution in [0.4, 0.5) is 0 Å². The summed E-state index contributed by atoms with van der Waals surface area (Å²) in [5.74, 6) is -4.56. The minimum Gasteiger partial charge on any atom is -0.480 e. The molecule has 0 spiro atoms. The molecule has 0 aliphatic carbocycles. The molecule has 0 aliphatic rings. The van der Waals surface area contributed by atoms with Gasteiger partial charge in [0.1, 0.15) is 18.6 Å². The molecule has 3 atom stereocenters. The molecule has 0 aliphatic heterocycles. The number of rotatable bonds is 12. The molecule has 0 heterocycles. The van der Waals surface area contributed by atoms with Gasteiger partial charge < -0.3 is 37.6 Å². The van der Waals surface area contributed by atoms with E-state index in [1.807, 2.05) is 0 Å². The van der Waals surface area contributed by atoms with Crippen LogP contribution in [0, 0.1) is 0 Å². The summed E-state index contributed by atoms with van der Waals surface area (Å²) < 4.78 is 0. The van der Waals surface area contributed by atoms with Gasteiger partial charge in [0.15, 0.2) is 0 Å². The van der Waals surface area contributed by atoms with Crippen molar-refractivity contribution in [3.63, 3.8) is 0 Å². The molecule has 148 valence electrons. The lowest BCUT2D eigenvalue weighted by Gasteiger charge is -2.22. The monoisotopic (exact) mass is 393 g/mol. The lowest BCUT2D eigenvalue weighted by Crippen LogP contribution is -2.57. The molecule has 0 saturated carbocycles. The molecule has 0 aromatic rings. The van der Waals surface area contributed by atoms with Gasteiger partial charge in [-0.15, -0.1) is 0 Å². The first kappa shape index (κ1) is 23.6. The minimum atomic E-state index is -1.41. The molecule has 26 heavy (non-hydrogen) atoms. The molecule has 9 N–H and O–H groups in total. The summed E-state index contributed by atoms with van der Waals surface area (Å²) in [6.45, 7) is -1.48. The molecule has 12 nitrogen and oxygen atoms in total. The zero-order valence-corrected chi connectivity index (χ0v) is 14.7. The maximum atomic E-state index is 12.2. The number of hydrogen-bond acceptors (Lipinski definition) is 8. The lowest BCUT2D eigenvalue weighted by molar-refractivity contribution is -0.138. The number of nitrogens with one attached hydrogen (secondary N) is 3. The fourth-order valence-electron chi connectivity index (χ4n) is 1.67. The van der Waals surface area contributed by atoms with Crippen molar-refractivity contribution in [1.29, 1.82) is 0 Å². The summed E-state index contributed by atoms with van der Waals surface area (Å²) in [5.41, 5.74) is 10.4. The van der Waals surface area contributed by atoms with E-state index < -0.39 is 60.9 Å². The maximum Gasteiger partial charge on any atom is 0.322 e. The third-order valence-electron chi connectivity index (χ3n) is 3.08. The number of primary amides is 1. The van der Waals surface area contributed by atoms with Crippen LogP contribution < -0.4 is 27.4 Å². The molecular weight excluding hydrogens is 370 g/mol. The summed E-state index contributed by atoms with van der Waals surface area (Å²) in [4.78, 5) is 57.2. The van der Waals surface area contributed by atoms with Crippen molar-refractivity contribution in [1.82, 2.24) is 16.0 Å². The second-order valence-electron chi connectivity index (χ2n) is 5.21. The second kappa shape index (κ2) is 12.1. The minimum absolute atomic E-state index is 0.00440. The summed E-state index contributed by atoms with van der Waals surface area (Å²) in [6, 6.07) is -3.71. The summed E-state index contributed by atoms with van der Waals surface area (Å²) in [7, 11) is 0. The van der Waals surface area contributed by atoms with E-state index >= 15 is 0 Å². The number of amides is 4. The number of thiol groups is 1. The molecule has 0 radical (unpaired) electrons. The van der Waals surface area contributed by atoms with Crippen molar-refractivity contribution < 1.29 is 34.2 Å². The average Bonchev–Trinajstić information content (AvgIpc) is 2.59. The second-order valence-corrected chi connectivity index (χ2v) is 5.58. The van der Waals surface area contributed by atoms with Gasteiger partial charge in [0, 0.05) is 12.2 Å². The van der Waals surface area contributed by atoms with Crippen molar-refractivity contribution in [2.45, 2.75) is 31.0 Å². The molecule has 4 amide bonds. The molecule has 0 rings (SSSR count). The molecule has 0 fully saturated rings. The molecule has 0 bridgehead atoms. The van der Waals surface area contributed by atoms with Crippen molar-refractivity contribution in [2.24, 2.45) is 11.5 Å². The van der Waals surface area contributed by atoms with Crippen LogP contribution >= 0.6 is 12.6 Å². The standard InChI is InChI=1S/C13H23N5O7S/c14-6(5-26)11(23)18-8(4-19)13(25)17-7(1-2-9(15)20)12(24)16-3-10(21)22/h6-8,19,26H,1-5,14H2,(H2,15,20)(H,16,24)(H,17,25)(H,18,23)(H,21,22). The highest BCUT2D eigenvalue weighted by Crippen LogP contribution is 1.99. The Balaban J connectivity index is 4.99. The Morgan fingerprint density at radius 3 is 2.04 bits per heavy atom. The van der Waals surface area contributed by atoms with Crippen molar-refractivity contribution in [2.75, 3.05) is 18.9 Å². The van der Waals surface area contributed by atoms with Gasteiger partial charge in [-0.2, -0.15) is 12.6 Å². The number of aliphatic hydroxyl groups excluding tert-OH is 1. The van der Waals surface area contributed by atoms with Gasteiger partial charge in [0.25, 0.3) is 0 Å². The Morgan fingerprint density at radius 2 is 1.58 bits per heavy atom. The van der Waals surface area contributed by atoms with Gasteiger partial charge in [0.05, 0.1) is 12.6 Å². The van der Waals surface area contributed by atoms with E-state index in [0.29, 0.717) is 0 Å². The van der Waals surface area contributed by atoms with Gasteiger partial charge >= 0.3 is 5.97 Å². The zero-order valence-electron chi connectivity index (χ0n) is 13.8. The topological polar surface area (TPSA) is 214 Å². The van der Waals surface area contributed by atoms with Gasteiger partial charge in [-0.25, -0.2) is 0 Å². The number of nitrogens with two attached hydrogens (primary N) is 2. The first-order valence-electron chi connectivity index (χ1n) is 7.48. The predicted molar refractivity (Wildman–Crippen MR) is 91.8 cm³/mol. The third-order valence-corrected chi connectivity index (χ3v) is 3.47. The van der Waals surface area contributed by atoms with Crippen LogP contribution in [0.25, 0.3) is 0 Å². The van der Waals surface area contributed by atoms with Crippen LogP contribution in [0.15, 0.2) is 0 Å². The number of carboxylic acids is 1. The van der Waals surface area contributed by atoms with Gasteiger partial charge in [-0.3, -0.25) is 24.0 Å². The Morgan fingerprint density at radius 1 is 1.00 bits per heavy atom. The molecular formula is C13H23N5O7S. The first-order chi connectivity index (χ1) is 12.1. The number of hydrogen-bond donors (Lipinski definition) is 8. The highest BCUT2D eigenvalue weighted by Gasteiger charge is 2.27. The van der Waals surface area contributed by atoms with Gasteiger partial charge in [-0.05, 0) is 6.42 Å². The van der Waals surface area contributed by atoms with Gasteiger partial charge in [0.2, 0.25) is 23.6 Å². The largest absolute Gasteiger partial charge is 0.480 e. The van der Waals surface area contributed by atoms with Crippen LogP contribution in [-0.2, 0) is 24.0 Å². The fourth-order valence-corrected chi connectivity index (χ4v) is 1.84. The summed E-state index contributed by atoms with van der Waals surface area (Å²) >= 11 is 3.83. The van der Waals surface area contributed by atoms with Crippen molar-refractivity contribution in [3.05, 3.63) is 0 Å². The van der Waals surface area contributed by atoms with Crippen LogP contribution in [-0.4, -0.2) is 76.8 Å². The number of aliphatic hydroxyl groups is 1. The van der Waals surface area contributed by atoms with Gasteiger partial charge in [-0.1, -0.05) is 0 Å². The van der Waals surface area contributed by atoms with E-state index in [2.05, 4.69) is 28.6 Å². The fraction of sp³-hybridized carbons (Fsp3) is 0.615. The van der Waals surface area contributed by atoms with Crippen molar-refractivity contribution in [3.8, 4) is 0 Å². The van der Waals surface area contributed by atoms with Crippen molar-refractivity contribution >= 4 is 42.2 Å². The van der Waals surface area contributed by atoms with E-state index in [9.17, 15) is 29.1 Å². The predicted octanol–water partition coefficient (Wildman–Crippen LogP) is -4.33. The van der Waals surface area contributed by atoms with E-state index in [1.54, 1.807) is 0 Å². The summed E-state index contributed by atoms with van der Waals surface area (Å²) in [5, 5.41) is 24.3. The number of carboxylic acid groups (broad SMARTS) is 1. The summed E-state index contributed by atoms with van der Waals surface area (Å²) in [6.07, 6.45) is -0.457. The Labute approximate surface area is 154 Å². The smallest absolute Gasteiger partial charge is 0.322 e. The molecule has 0 aromatic heterocycles. The van der Waals surface area contributed by atoms with Crippen LogP contribution in [0.5, 0.6) is 0 Å². The Hall–Kier alpha value is -2.38. The number of carbonyl (C=O) groups is 5. The zero-order chi connectivity index (χ0) is 20.3. The Bertz CT molecular complexity index is 545. The number of carbonyl (C=O) groups excluding carboxylic acids is 4. The molecule has 0 saturated heterocycles. The molecule has 3 unspecified atom stereocenters. The normalized spacial score (nSPS) is 13.8. The van der Waals surface area contributed by atoms with E-state index in [0.717, 1.165) is 0 Å². The highest BCUT2D eigenvalue weighted by molar-refractivity contribution is 7.80. The molecule has 0 aromatic carbocycles. The average molecular weight is 393 g/mol.